The van der Waals surface area contributed by atoms with Gasteiger partial charge in [0.15, 0.2) is 6.61 Å². The summed E-state index contributed by atoms with van der Waals surface area (Å²) in [5.74, 6) is 0.180. The number of hydrogen-bond donors (Lipinski definition) is 1. The fourth-order valence-corrected chi connectivity index (χ4v) is 2.27. The molecular formula is C18H20N2O4. The lowest BCUT2D eigenvalue weighted by Crippen LogP contribution is -2.32. The summed E-state index contributed by atoms with van der Waals surface area (Å²) in [6.45, 7) is 3.88. The van der Waals surface area contributed by atoms with Crippen LogP contribution in [0, 0.1) is 17.0 Å². The van der Waals surface area contributed by atoms with Crippen LogP contribution in [0.5, 0.6) is 5.75 Å². The Kier molecular flexibility index (Phi) is 5.89. The van der Waals surface area contributed by atoms with Crippen molar-refractivity contribution in [1.29, 1.82) is 0 Å². The molecule has 2 aromatic carbocycles. The lowest BCUT2D eigenvalue weighted by atomic mass is 10.0. The highest BCUT2D eigenvalue weighted by Gasteiger charge is 2.13. The third-order valence-electron chi connectivity index (χ3n) is 3.64. The van der Waals surface area contributed by atoms with Crippen molar-refractivity contribution in [3.05, 3.63) is 69.8 Å². The summed E-state index contributed by atoms with van der Waals surface area (Å²) in [6.07, 6.45) is 0.770. The fraction of sp³-hybridized carbons (Fsp3) is 0.278. The van der Waals surface area contributed by atoms with Crippen LogP contribution in [0.3, 0.4) is 0 Å². The van der Waals surface area contributed by atoms with E-state index in [-0.39, 0.29) is 24.2 Å². The normalized spacial score (nSPS) is 11.6. The molecule has 0 saturated carbocycles. The largest absolute Gasteiger partial charge is 0.484 e. The molecule has 0 bridgehead atoms. The van der Waals surface area contributed by atoms with Gasteiger partial charge in [-0.15, -0.1) is 0 Å². The monoisotopic (exact) mass is 328 g/mol. The number of nitro groups is 1. The van der Waals surface area contributed by atoms with Crippen molar-refractivity contribution < 1.29 is 14.5 Å². The maximum atomic E-state index is 12.1. The van der Waals surface area contributed by atoms with Crippen LogP contribution in [-0.4, -0.2) is 17.4 Å². The Hall–Kier alpha value is -2.89. The Morgan fingerprint density at radius 3 is 2.33 bits per heavy atom. The van der Waals surface area contributed by atoms with Crippen LogP contribution in [-0.2, 0) is 4.79 Å². The zero-order chi connectivity index (χ0) is 17.5. The number of carbonyl (C=O) groups is 1. The van der Waals surface area contributed by atoms with Gasteiger partial charge >= 0.3 is 0 Å². The average molecular weight is 328 g/mol. The Labute approximate surface area is 140 Å². The topological polar surface area (TPSA) is 81.5 Å². The predicted molar refractivity (Wildman–Crippen MR) is 90.9 cm³/mol. The smallest absolute Gasteiger partial charge is 0.269 e. The van der Waals surface area contributed by atoms with E-state index in [9.17, 15) is 14.9 Å². The van der Waals surface area contributed by atoms with Gasteiger partial charge in [0, 0.05) is 12.1 Å². The minimum atomic E-state index is -0.482. The number of nitrogens with zero attached hydrogens (tertiary/aromatic N) is 1. The van der Waals surface area contributed by atoms with Crippen molar-refractivity contribution in [3.63, 3.8) is 0 Å². The van der Waals surface area contributed by atoms with Crippen LogP contribution in [0.25, 0.3) is 0 Å². The summed E-state index contributed by atoms with van der Waals surface area (Å²) in [4.78, 5) is 22.2. The number of hydrogen-bond acceptors (Lipinski definition) is 4. The van der Waals surface area contributed by atoms with Gasteiger partial charge in [-0.1, -0.05) is 36.8 Å². The van der Waals surface area contributed by atoms with Gasteiger partial charge in [-0.2, -0.15) is 0 Å². The number of nitrogens with one attached hydrogen (secondary N) is 1. The molecule has 0 heterocycles. The molecule has 1 amide bonds. The number of carbonyl (C=O) groups excluding carboxylic acids is 1. The summed E-state index contributed by atoms with van der Waals surface area (Å²) in [5.41, 5.74) is 2.20. The van der Waals surface area contributed by atoms with E-state index < -0.39 is 4.92 Å². The van der Waals surface area contributed by atoms with Crippen LogP contribution in [0.4, 0.5) is 5.69 Å². The maximum absolute atomic E-state index is 12.1. The minimum Gasteiger partial charge on any atom is -0.484 e. The molecule has 1 atom stereocenters. The van der Waals surface area contributed by atoms with Crippen molar-refractivity contribution in [2.45, 2.75) is 26.3 Å². The van der Waals surface area contributed by atoms with Crippen LogP contribution in [0.1, 0.15) is 30.5 Å². The summed E-state index contributed by atoms with van der Waals surface area (Å²) in [6, 6.07) is 13.6. The first kappa shape index (κ1) is 17.5. The van der Waals surface area contributed by atoms with Gasteiger partial charge < -0.3 is 10.1 Å². The standard InChI is InChI=1S/C18H20N2O4/c1-3-17(14-6-4-13(2)5-7-14)19-18(21)12-24-16-10-8-15(9-11-16)20(22)23/h4-11,17H,3,12H2,1-2H3,(H,19,21). The molecule has 1 unspecified atom stereocenters. The molecule has 6 heteroatoms. The summed E-state index contributed by atoms with van der Waals surface area (Å²) >= 11 is 0. The van der Waals surface area contributed by atoms with E-state index in [1.807, 2.05) is 38.1 Å². The zero-order valence-corrected chi connectivity index (χ0v) is 13.7. The lowest BCUT2D eigenvalue weighted by molar-refractivity contribution is -0.384. The van der Waals surface area contributed by atoms with Crippen LogP contribution >= 0.6 is 0 Å². The van der Waals surface area contributed by atoms with Crippen molar-refractivity contribution in [2.24, 2.45) is 0 Å². The van der Waals surface area contributed by atoms with Crippen molar-refractivity contribution in [3.8, 4) is 5.75 Å². The van der Waals surface area contributed by atoms with Crippen LogP contribution in [0.15, 0.2) is 48.5 Å². The first-order valence-corrected chi connectivity index (χ1v) is 7.72. The average Bonchev–Trinajstić information content (AvgIpc) is 2.59. The number of amides is 1. The van der Waals surface area contributed by atoms with Crippen molar-refractivity contribution >= 4 is 11.6 Å². The van der Waals surface area contributed by atoms with Gasteiger partial charge in [-0.25, -0.2) is 0 Å². The van der Waals surface area contributed by atoms with Crippen LogP contribution in [0.2, 0.25) is 0 Å². The molecule has 0 fully saturated rings. The Morgan fingerprint density at radius 1 is 1.17 bits per heavy atom. The SMILES string of the molecule is CCC(NC(=O)COc1ccc([N+](=O)[O-])cc1)c1ccc(C)cc1. The van der Waals surface area contributed by atoms with E-state index in [0.29, 0.717) is 5.75 Å². The lowest BCUT2D eigenvalue weighted by Gasteiger charge is -2.18. The van der Waals surface area contributed by atoms with Crippen LogP contribution < -0.4 is 10.1 Å². The number of non-ortho nitro benzene ring substituents is 1. The summed E-state index contributed by atoms with van der Waals surface area (Å²) in [5, 5.41) is 13.5. The second-order valence-corrected chi connectivity index (χ2v) is 5.48. The minimum absolute atomic E-state index is 0.0165. The molecule has 2 rings (SSSR count). The Bertz CT molecular complexity index is 696. The maximum Gasteiger partial charge on any atom is 0.269 e. The molecule has 0 aliphatic carbocycles. The highest BCUT2D eigenvalue weighted by molar-refractivity contribution is 5.78. The summed E-state index contributed by atoms with van der Waals surface area (Å²) < 4.78 is 5.37. The fourth-order valence-electron chi connectivity index (χ4n) is 2.27. The Morgan fingerprint density at radius 2 is 1.79 bits per heavy atom. The molecule has 0 aliphatic rings. The molecule has 0 spiro atoms. The first-order chi connectivity index (χ1) is 11.5. The molecule has 0 saturated heterocycles. The molecule has 1 N–H and O–H groups in total. The second kappa shape index (κ2) is 8.10. The third-order valence-corrected chi connectivity index (χ3v) is 3.64. The zero-order valence-electron chi connectivity index (χ0n) is 13.7. The second-order valence-electron chi connectivity index (χ2n) is 5.48. The molecule has 0 aliphatic heterocycles. The van der Waals surface area contributed by atoms with E-state index in [1.165, 1.54) is 29.8 Å². The molecule has 2 aromatic rings. The molecule has 6 nitrogen and oxygen atoms in total. The number of nitro benzene ring substituents is 1. The predicted octanol–water partition coefficient (Wildman–Crippen LogP) is 3.55. The van der Waals surface area contributed by atoms with E-state index in [2.05, 4.69) is 5.32 Å². The Balaban J connectivity index is 1.89. The van der Waals surface area contributed by atoms with Gasteiger partial charge in [0.05, 0.1) is 11.0 Å². The van der Waals surface area contributed by atoms with E-state index >= 15 is 0 Å². The summed E-state index contributed by atoms with van der Waals surface area (Å²) in [7, 11) is 0. The number of aryl methyl sites for hydroxylation is 1. The van der Waals surface area contributed by atoms with E-state index in [1.54, 1.807) is 0 Å². The van der Waals surface area contributed by atoms with Gasteiger partial charge in [0.2, 0.25) is 0 Å². The molecule has 126 valence electrons. The molecular weight excluding hydrogens is 308 g/mol. The molecule has 0 radical (unpaired) electrons. The van der Waals surface area contributed by atoms with E-state index in [4.69, 9.17) is 4.74 Å². The highest BCUT2D eigenvalue weighted by Crippen LogP contribution is 2.18. The molecule has 0 aromatic heterocycles. The third kappa shape index (κ3) is 4.81. The van der Waals surface area contributed by atoms with Crippen molar-refractivity contribution in [1.82, 2.24) is 5.32 Å². The molecule has 24 heavy (non-hydrogen) atoms. The first-order valence-electron chi connectivity index (χ1n) is 7.72. The van der Waals surface area contributed by atoms with Crippen molar-refractivity contribution in [2.75, 3.05) is 6.61 Å². The quantitative estimate of drug-likeness (QED) is 0.622. The number of rotatable bonds is 7. The van der Waals surface area contributed by atoms with E-state index in [0.717, 1.165) is 12.0 Å². The highest BCUT2D eigenvalue weighted by atomic mass is 16.6. The van der Waals surface area contributed by atoms with Gasteiger partial charge in [0.1, 0.15) is 5.75 Å². The van der Waals surface area contributed by atoms with Gasteiger partial charge in [-0.05, 0) is 31.0 Å². The number of benzene rings is 2. The van der Waals surface area contributed by atoms with Gasteiger partial charge in [0.25, 0.3) is 11.6 Å². The number of ether oxygens (including phenoxy) is 1. The van der Waals surface area contributed by atoms with Gasteiger partial charge in [-0.3, -0.25) is 14.9 Å².